The fraction of sp³-hybridized carbons (Fsp3) is 0.267. The summed E-state index contributed by atoms with van der Waals surface area (Å²) in [7, 11) is 0. The van der Waals surface area contributed by atoms with Gasteiger partial charge in [0.05, 0.1) is 12.3 Å². The summed E-state index contributed by atoms with van der Waals surface area (Å²) in [6.07, 6.45) is 0.451. The van der Waals surface area contributed by atoms with E-state index in [-0.39, 0.29) is 60.9 Å². The van der Waals surface area contributed by atoms with Gasteiger partial charge in [0, 0.05) is 29.7 Å². The van der Waals surface area contributed by atoms with Crippen molar-refractivity contribution in [1.29, 1.82) is 0 Å². The van der Waals surface area contributed by atoms with Gasteiger partial charge in [-0.15, -0.1) is 0 Å². The molecule has 3 atom stereocenters. The molecule has 3 aromatic rings. The van der Waals surface area contributed by atoms with Gasteiger partial charge in [0.2, 0.25) is 25.6 Å². The van der Waals surface area contributed by atoms with E-state index in [9.17, 15) is 25.2 Å². The Morgan fingerprint density at radius 1 is 1.00 bits per heavy atom. The summed E-state index contributed by atoms with van der Waals surface area (Å²) in [6.45, 7) is 1.73. The van der Waals surface area contributed by atoms with Gasteiger partial charge in [-0.25, -0.2) is 0 Å². The number of phenolic OH excluding ortho intramolecular Hbond substituents is 3. The molecule has 0 aromatic heterocycles. The van der Waals surface area contributed by atoms with Crippen LogP contribution in [0.5, 0.6) is 46.0 Å². The number of carbonyl (C=O) groups excluding carboxylic acids is 1. The van der Waals surface area contributed by atoms with Crippen molar-refractivity contribution in [3.05, 3.63) is 59.2 Å². The minimum Gasteiger partial charge on any atom is -0.507 e. The number of aromatic hydroxyl groups is 3. The van der Waals surface area contributed by atoms with Crippen molar-refractivity contribution in [3.63, 3.8) is 0 Å². The molecule has 3 aliphatic heterocycles. The van der Waals surface area contributed by atoms with Gasteiger partial charge >= 0.3 is 0 Å². The number of fused-ring (bicyclic) bond motifs is 2. The van der Waals surface area contributed by atoms with Crippen molar-refractivity contribution in [2.75, 3.05) is 18.9 Å². The molecular formula is C30H28N2O12. The fourth-order valence-electron chi connectivity index (χ4n) is 4.63. The van der Waals surface area contributed by atoms with Crippen LogP contribution in [0.25, 0.3) is 6.08 Å². The van der Waals surface area contributed by atoms with Crippen LogP contribution < -0.4 is 29.0 Å². The average molecular weight is 609 g/mol. The summed E-state index contributed by atoms with van der Waals surface area (Å²) >= 11 is 0. The number of phenols is 3. The van der Waals surface area contributed by atoms with E-state index in [0.717, 1.165) is 5.56 Å². The molecule has 0 aliphatic carbocycles. The van der Waals surface area contributed by atoms with E-state index in [2.05, 4.69) is 10.5 Å². The van der Waals surface area contributed by atoms with Crippen LogP contribution in [0.1, 0.15) is 24.5 Å². The number of nitrogens with zero attached hydrogens (tertiary/aromatic N) is 1. The maximum atomic E-state index is 12.7. The van der Waals surface area contributed by atoms with Crippen molar-refractivity contribution in [2.24, 2.45) is 5.16 Å². The lowest BCUT2D eigenvalue weighted by molar-refractivity contribution is -0.112. The minimum atomic E-state index is -0.890. The number of nitrogens with one attached hydrogen (secondary N) is 1. The van der Waals surface area contributed by atoms with E-state index in [1.54, 1.807) is 18.2 Å². The summed E-state index contributed by atoms with van der Waals surface area (Å²) < 4.78 is 32.4. The molecule has 1 saturated heterocycles. The third-order valence-electron chi connectivity index (χ3n) is 6.93. The van der Waals surface area contributed by atoms with Crippen LogP contribution in [0.2, 0.25) is 0 Å². The smallest absolute Gasteiger partial charge is 0.251 e. The van der Waals surface area contributed by atoms with Gasteiger partial charge in [-0.2, -0.15) is 0 Å². The minimum absolute atomic E-state index is 0.0104. The van der Waals surface area contributed by atoms with E-state index >= 15 is 0 Å². The number of hydrogen-bond acceptors (Lipinski definition) is 13. The SMILES string of the molecule is C/C(=C\c1ccc(O[C@H]2C[C@H](O)[C@@H](/C=N/OCc3ccc4c(c3)OCO4)O2)cc1O)C(=O)Nc1c(O)cc2c(c1O)OCO2. The van der Waals surface area contributed by atoms with Crippen molar-refractivity contribution in [2.45, 2.75) is 38.4 Å². The second-order valence-corrected chi connectivity index (χ2v) is 10.0. The highest BCUT2D eigenvalue weighted by atomic mass is 16.7. The first-order chi connectivity index (χ1) is 21.2. The molecule has 0 bridgehead atoms. The normalized spacial score (nSPS) is 20.2. The highest BCUT2D eigenvalue weighted by Crippen LogP contribution is 2.49. The first kappa shape index (κ1) is 28.8. The number of aliphatic hydroxyl groups excluding tert-OH is 1. The molecule has 14 nitrogen and oxygen atoms in total. The summed E-state index contributed by atoms with van der Waals surface area (Å²) in [4.78, 5) is 18.1. The van der Waals surface area contributed by atoms with Gasteiger partial charge in [-0.3, -0.25) is 4.79 Å². The molecule has 0 saturated carbocycles. The zero-order valence-corrected chi connectivity index (χ0v) is 23.3. The van der Waals surface area contributed by atoms with Gasteiger partial charge in [0.1, 0.15) is 35.6 Å². The van der Waals surface area contributed by atoms with Crippen molar-refractivity contribution >= 4 is 23.9 Å². The number of ether oxygens (including phenoxy) is 6. The zero-order valence-electron chi connectivity index (χ0n) is 23.3. The molecule has 1 fully saturated rings. The molecule has 3 aromatic carbocycles. The number of rotatable bonds is 9. The first-order valence-electron chi connectivity index (χ1n) is 13.5. The Bertz CT molecular complexity index is 1640. The van der Waals surface area contributed by atoms with E-state index in [0.29, 0.717) is 17.1 Å². The van der Waals surface area contributed by atoms with Crippen LogP contribution in [0.3, 0.4) is 0 Å². The van der Waals surface area contributed by atoms with Crippen LogP contribution in [-0.2, 0) is 21.0 Å². The molecule has 14 heteroatoms. The number of oxime groups is 1. The molecule has 0 spiro atoms. The Kier molecular flexibility index (Phi) is 7.91. The topological polar surface area (TPSA) is 187 Å². The molecule has 230 valence electrons. The van der Waals surface area contributed by atoms with Crippen LogP contribution in [0.4, 0.5) is 5.69 Å². The van der Waals surface area contributed by atoms with E-state index < -0.39 is 35.9 Å². The van der Waals surface area contributed by atoms with Crippen molar-refractivity contribution in [1.82, 2.24) is 0 Å². The van der Waals surface area contributed by atoms with Crippen LogP contribution in [0.15, 0.2) is 53.2 Å². The second kappa shape index (κ2) is 12.1. The van der Waals surface area contributed by atoms with Crippen molar-refractivity contribution in [3.8, 4) is 46.0 Å². The molecule has 0 unspecified atom stereocenters. The third-order valence-corrected chi connectivity index (χ3v) is 6.93. The summed E-state index contributed by atoms with van der Waals surface area (Å²) in [6, 6.07) is 11.1. The number of amides is 1. The Morgan fingerprint density at radius 2 is 1.80 bits per heavy atom. The molecular weight excluding hydrogens is 580 g/mol. The average Bonchev–Trinajstić information content (AvgIpc) is 3.74. The predicted molar refractivity (Wildman–Crippen MR) is 152 cm³/mol. The summed E-state index contributed by atoms with van der Waals surface area (Å²) in [5.41, 5.74) is 1.06. The monoisotopic (exact) mass is 608 g/mol. The van der Waals surface area contributed by atoms with Crippen molar-refractivity contribution < 1.29 is 58.5 Å². The first-order valence-corrected chi connectivity index (χ1v) is 13.5. The zero-order chi connectivity index (χ0) is 30.8. The fourth-order valence-corrected chi connectivity index (χ4v) is 4.63. The second-order valence-electron chi connectivity index (χ2n) is 10.0. The lowest BCUT2D eigenvalue weighted by Crippen LogP contribution is -2.22. The van der Waals surface area contributed by atoms with Gasteiger partial charge in [0.25, 0.3) is 5.91 Å². The molecule has 3 aliphatic rings. The largest absolute Gasteiger partial charge is 0.507 e. The summed E-state index contributed by atoms with van der Waals surface area (Å²) in [5.74, 6) is 0.0459. The number of anilines is 1. The molecule has 3 heterocycles. The number of hydrogen-bond donors (Lipinski definition) is 5. The predicted octanol–water partition coefficient (Wildman–Crippen LogP) is 3.36. The Labute approximate surface area is 250 Å². The van der Waals surface area contributed by atoms with Crippen LogP contribution in [0, 0.1) is 0 Å². The Balaban J connectivity index is 1.02. The van der Waals surface area contributed by atoms with Crippen LogP contribution >= 0.6 is 0 Å². The van der Waals surface area contributed by atoms with Gasteiger partial charge in [0.15, 0.2) is 23.0 Å². The third kappa shape index (κ3) is 6.07. The lowest BCUT2D eigenvalue weighted by Gasteiger charge is -2.14. The molecule has 6 rings (SSSR count). The molecule has 44 heavy (non-hydrogen) atoms. The number of aliphatic hydroxyl groups is 1. The number of carbonyl (C=O) groups is 1. The van der Waals surface area contributed by atoms with Crippen LogP contribution in [-0.4, -0.2) is 64.6 Å². The van der Waals surface area contributed by atoms with Gasteiger partial charge < -0.3 is 59.0 Å². The molecule has 0 radical (unpaired) electrons. The van der Waals surface area contributed by atoms with Gasteiger partial charge in [-0.1, -0.05) is 11.2 Å². The highest BCUT2D eigenvalue weighted by Gasteiger charge is 2.34. The standard InChI is InChI=1S/C30H28N2O12/c1-15(30(37)32-27-21(35)9-24-29(28(27)36)41-14-40-24)6-17-3-4-18(8-19(17)33)43-26-10-20(34)25(44-26)11-31-42-12-16-2-5-22-23(7-16)39-13-38-22/h2-9,11,20,25-26,33-36H,10,12-14H2,1H3,(H,32,37)/b15-6+,31-11+/t20-,25+,26+/m0/s1. The Morgan fingerprint density at radius 3 is 2.64 bits per heavy atom. The maximum Gasteiger partial charge on any atom is 0.251 e. The van der Waals surface area contributed by atoms with E-state index in [1.807, 2.05) is 6.07 Å². The Hall–Kier alpha value is -5.34. The molecule has 5 N–H and O–H groups in total. The lowest BCUT2D eigenvalue weighted by atomic mass is 10.1. The molecule has 1 amide bonds. The van der Waals surface area contributed by atoms with E-state index in [4.69, 9.17) is 33.3 Å². The van der Waals surface area contributed by atoms with Gasteiger partial charge in [-0.05, 0) is 42.8 Å². The number of benzene rings is 3. The summed E-state index contributed by atoms with van der Waals surface area (Å²) in [5, 5.41) is 47.8. The van der Waals surface area contributed by atoms with E-state index in [1.165, 1.54) is 37.4 Å². The highest BCUT2D eigenvalue weighted by molar-refractivity contribution is 6.08. The quantitative estimate of drug-likeness (QED) is 0.103. The maximum absolute atomic E-state index is 12.7.